The maximum absolute atomic E-state index is 12.4. The van der Waals surface area contributed by atoms with E-state index in [1.165, 1.54) is 24.1 Å². The van der Waals surface area contributed by atoms with E-state index in [2.05, 4.69) is 30.0 Å². The highest BCUT2D eigenvalue weighted by Gasteiger charge is 2.47. The van der Waals surface area contributed by atoms with Crippen molar-refractivity contribution in [3.8, 4) is 0 Å². The van der Waals surface area contributed by atoms with Crippen molar-refractivity contribution < 1.29 is 4.79 Å². The van der Waals surface area contributed by atoms with E-state index >= 15 is 0 Å². The van der Waals surface area contributed by atoms with Crippen molar-refractivity contribution >= 4 is 28.7 Å². The molecule has 1 aromatic heterocycles. The topological polar surface area (TPSA) is 23.6 Å². The molecule has 1 aromatic carbocycles. The standard InChI is InChI=1S/C24H29ClN2OS/c1-26(2)24(21-8-9-22(25)29-21)13-11-23(12-14-24)15-17-27(18-23)16-10-20(28)19-6-4-3-5-7-19/h3-10,16H,11-15,17-18H2,1-2H3/b16-10+. The van der Waals surface area contributed by atoms with E-state index in [9.17, 15) is 4.79 Å². The van der Waals surface area contributed by atoms with Crippen LogP contribution in [0, 0.1) is 5.41 Å². The lowest BCUT2D eigenvalue weighted by Crippen LogP contribution is -2.46. The van der Waals surface area contributed by atoms with Gasteiger partial charge in [-0.3, -0.25) is 9.69 Å². The van der Waals surface area contributed by atoms with Gasteiger partial charge in [0.2, 0.25) is 0 Å². The van der Waals surface area contributed by atoms with Crippen LogP contribution in [0.2, 0.25) is 4.34 Å². The van der Waals surface area contributed by atoms with Crippen LogP contribution in [0.1, 0.15) is 47.3 Å². The fraction of sp³-hybridized carbons (Fsp3) is 0.458. The van der Waals surface area contributed by atoms with Crippen LogP contribution in [0.25, 0.3) is 0 Å². The van der Waals surface area contributed by atoms with Crippen molar-refractivity contribution in [2.24, 2.45) is 5.41 Å². The van der Waals surface area contributed by atoms with Crippen LogP contribution in [0.3, 0.4) is 0 Å². The first-order chi connectivity index (χ1) is 13.9. The smallest absolute Gasteiger partial charge is 0.187 e. The van der Waals surface area contributed by atoms with Crippen LogP contribution < -0.4 is 0 Å². The molecule has 0 amide bonds. The van der Waals surface area contributed by atoms with Crippen LogP contribution in [0.5, 0.6) is 0 Å². The summed E-state index contributed by atoms with van der Waals surface area (Å²) < 4.78 is 0.877. The fourth-order valence-corrected chi connectivity index (χ4v) is 6.42. The molecule has 1 spiro atoms. The van der Waals surface area contributed by atoms with Crippen LogP contribution in [-0.2, 0) is 5.54 Å². The normalized spacial score (nSPS) is 27.4. The molecule has 2 heterocycles. The lowest BCUT2D eigenvalue weighted by atomic mass is 9.66. The summed E-state index contributed by atoms with van der Waals surface area (Å²) >= 11 is 7.98. The molecule has 0 atom stereocenters. The Morgan fingerprint density at radius 3 is 2.41 bits per heavy atom. The van der Waals surface area contributed by atoms with Gasteiger partial charge in [-0.05, 0) is 63.7 Å². The largest absolute Gasteiger partial charge is 0.377 e. The number of halogens is 1. The molecule has 4 rings (SSSR count). The maximum Gasteiger partial charge on any atom is 0.187 e. The Bertz CT molecular complexity index is 881. The predicted molar refractivity (Wildman–Crippen MR) is 122 cm³/mol. The number of hydrogen-bond donors (Lipinski definition) is 0. The van der Waals surface area contributed by atoms with Gasteiger partial charge in [-0.2, -0.15) is 0 Å². The van der Waals surface area contributed by atoms with Crippen LogP contribution in [-0.4, -0.2) is 42.8 Å². The second-order valence-corrected chi connectivity index (χ2v) is 10.5. The Hall–Kier alpha value is -1.62. The number of likely N-dealkylation sites (tertiary alicyclic amines) is 1. The van der Waals surface area contributed by atoms with Gasteiger partial charge in [0.05, 0.1) is 9.88 Å². The van der Waals surface area contributed by atoms with E-state index < -0.39 is 0 Å². The number of nitrogens with zero attached hydrogens (tertiary/aromatic N) is 2. The number of thiophene rings is 1. The first-order valence-corrected chi connectivity index (χ1v) is 11.6. The minimum absolute atomic E-state index is 0.0800. The maximum atomic E-state index is 12.4. The number of allylic oxidation sites excluding steroid dienone is 1. The van der Waals surface area contributed by atoms with Crippen molar-refractivity contribution in [2.45, 2.75) is 37.6 Å². The number of hydrogen-bond acceptors (Lipinski definition) is 4. The summed E-state index contributed by atoms with van der Waals surface area (Å²) in [5, 5.41) is 0. The quantitative estimate of drug-likeness (QED) is 0.442. The van der Waals surface area contributed by atoms with E-state index in [-0.39, 0.29) is 11.3 Å². The monoisotopic (exact) mass is 428 g/mol. The lowest BCUT2D eigenvalue weighted by molar-refractivity contribution is 0.0427. The summed E-state index contributed by atoms with van der Waals surface area (Å²) in [5.74, 6) is 0.0800. The molecule has 29 heavy (non-hydrogen) atoms. The molecule has 1 aliphatic carbocycles. The molecule has 2 aliphatic rings. The average molecular weight is 429 g/mol. The second kappa shape index (κ2) is 8.25. The molecule has 2 aromatic rings. The van der Waals surface area contributed by atoms with Crippen LogP contribution in [0.15, 0.2) is 54.7 Å². The third-order valence-corrected chi connectivity index (χ3v) is 8.41. The Labute approximate surface area is 183 Å². The molecule has 5 heteroatoms. The van der Waals surface area contributed by atoms with Gasteiger partial charge < -0.3 is 4.90 Å². The third-order valence-electron chi connectivity index (χ3n) is 6.99. The molecular weight excluding hydrogens is 400 g/mol. The van der Waals surface area contributed by atoms with Gasteiger partial charge >= 0.3 is 0 Å². The number of ketones is 1. The lowest BCUT2D eigenvalue weighted by Gasteiger charge is -2.48. The van der Waals surface area contributed by atoms with Crippen molar-refractivity contribution in [2.75, 3.05) is 27.2 Å². The average Bonchev–Trinajstić information content (AvgIpc) is 3.34. The zero-order valence-corrected chi connectivity index (χ0v) is 18.8. The summed E-state index contributed by atoms with van der Waals surface area (Å²) in [5.41, 5.74) is 1.23. The highest BCUT2D eigenvalue weighted by molar-refractivity contribution is 7.16. The molecule has 2 fully saturated rings. The van der Waals surface area contributed by atoms with Crippen molar-refractivity contribution in [1.29, 1.82) is 0 Å². The molecule has 0 bridgehead atoms. The van der Waals surface area contributed by atoms with Crippen molar-refractivity contribution in [1.82, 2.24) is 9.80 Å². The summed E-state index contributed by atoms with van der Waals surface area (Å²) in [7, 11) is 4.40. The summed E-state index contributed by atoms with van der Waals surface area (Å²) in [6, 6.07) is 13.7. The molecule has 3 nitrogen and oxygen atoms in total. The summed E-state index contributed by atoms with van der Waals surface area (Å²) in [4.78, 5) is 18.5. The first kappa shape index (κ1) is 20.6. The molecule has 0 N–H and O–H groups in total. The Morgan fingerprint density at radius 1 is 1.07 bits per heavy atom. The Balaban J connectivity index is 1.40. The van der Waals surface area contributed by atoms with Crippen molar-refractivity contribution in [3.05, 3.63) is 69.5 Å². The van der Waals surface area contributed by atoms with Crippen LogP contribution in [0.4, 0.5) is 0 Å². The van der Waals surface area contributed by atoms with E-state index in [0.717, 1.165) is 35.8 Å². The number of benzene rings is 1. The van der Waals surface area contributed by atoms with E-state index in [4.69, 9.17) is 11.6 Å². The van der Waals surface area contributed by atoms with E-state index in [1.807, 2.05) is 42.6 Å². The van der Waals surface area contributed by atoms with Crippen LogP contribution >= 0.6 is 22.9 Å². The van der Waals surface area contributed by atoms with Gasteiger partial charge in [0.15, 0.2) is 5.78 Å². The molecule has 1 saturated heterocycles. The van der Waals surface area contributed by atoms with Gasteiger partial charge in [0.25, 0.3) is 0 Å². The third kappa shape index (κ3) is 4.16. The highest BCUT2D eigenvalue weighted by Crippen LogP contribution is 2.53. The van der Waals surface area contributed by atoms with Gasteiger partial charge in [-0.15, -0.1) is 11.3 Å². The number of carbonyl (C=O) groups excluding carboxylic acids is 1. The zero-order valence-electron chi connectivity index (χ0n) is 17.2. The van der Waals surface area contributed by atoms with Crippen molar-refractivity contribution in [3.63, 3.8) is 0 Å². The molecule has 0 unspecified atom stereocenters. The molecular formula is C24H29ClN2OS. The molecule has 1 aliphatic heterocycles. The summed E-state index contributed by atoms with van der Waals surface area (Å²) in [6.07, 6.45) is 9.72. The Morgan fingerprint density at radius 2 is 1.79 bits per heavy atom. The highest BCUT2D eigenvalue weighted by atomic mass is 35.5. The van der Waals surface area contributed by atoms with Gasteiger partial charge in [0, 0.05) is 35.8 Å². The molecule has 0 radical (unpaired) electrons. The minimum Gasteiger partial charge on any atom is -0.377 e. The molecule has 154 valence electrons. The SMILES string of the molecule is CN(C)C1(c2ccc(Cl)s2)CCC2(CCN(/C=C/C(=O)c3ccccc3)C2)CC1. The predicted octanol–water partition coefficient (Wildman–Crippen LogP) is 5.82. The molecule has 1 saturated carbocycles. The Kier molecular flexibility index (Phi) is 5.87. The number of rotatable bonds is 5. The van der Waals surface area contributed by atoms with E-state index in [0.29, 0.717) is 5.41 Å². The van der Waals surface area contributed by atoms with Gasteiger partial charge in [-0.25, -0.2) is 0 Å². The summed E-state index contributed by atoms with van der Waals surface area (Å²) in [6.45, 7) is 2.10. The zero-order chi connectivity index (χ0) is 20.5. The van der Waals surface area contributed by atoms with Gasteiger partial charge in [0.1, 0.15) is 0 Å². The number of carbonyl (C=O) groups is 1. The second-order valence-electron chi connectivity index (χ2n) is 8.80. The first-order valence-electron chi connectivity index (χ1n) is 10.4. The fourth-order valence-electron chi connectivity index (χ4n) is 5.05. The van der Waals surface area contributed by atoms with Gasteiger partial charge in [-0.1, -0.05) is 41.9 Å². The minimum atomic E-state index is 0.0800. The van der Waals surface area contributed by atoms with E-state index in [1.54, 1.807) is 17.4 Å².